The van der Waals surface area contributed by atoms with Crippen LogP contribution in [0.1, 0.15) is 19.8 Å². The molecule has 0 fully saturated rings. The fourth-order valence-corrected chi connectivity index (χ4v) is 1.16. The van der Waals surface area contributed by atoms with Gasteiger partial charge in [0.2, 0.25) is 0 Å². The minimum atomic E-state index is -0.242. The maximum Gasteiger partial charge on any atom is 0.253 e. The second-order valence-electron chi connectivity index (χ2n) is 3.13. The lowest BCUT2D eigenvalue weighted by atomic mass is 10.4. The van der Waals surface area contributed by atoms with Gasteiger partial charge >= 0.3 is 0 Å². The molecule has 0 aliphatic carbocycles. The molecule has 1 heterocycles. The van der Waals surface area contributed by atoms with Gasteiger partial charge in [0.15, 0.2) is 0 Å². The number of nitrogens with zero attached hydrogens (tertiary/aromatic N) is 1. The lowest BCUT2D eigenvalue weighted by Crippen LogP contribution is -2.33. The van der Waals surface area contributed by atoms with Crippen molar-refractivity contribution in [1.29, 1.82) is 0 Å². The molecule has 4 nitrogen and oxygen atoms in total. The summed E-state index contributed by atoms with van der Waals surface area (Å²) in [6.45, 7) is 3.56. The summed E-state index contributed by atoms with van der Waals surface area (Å²) in [6.07, 6.45) is 4.67. The number of hydrogen-bond acceptors (Lipinski definition) is 3. The highest BCUT2D eigenvalue weighted by Crippen LogP contribution is 2.02. The van der Waals surface area contributed by atoms with Crippen molar-refractivity contribution in [1.82, 2.24) is 4.90 Å². The zero-order valence-corrected chi connectivity index (χ0v) is 8.36. The monoisotopic (exact) mass is 197 g/mol. The first-order valence-corrected chi connectivity index (χ1v) is 4.87. The normalized spacial score (nSPS) is 15.6. The number of rotatable bonds is 6. The Morgan fingerprint density at radius 3 is 2.43 bits per heavy atom. The molecule has 14 heavy (non-hydrogen) atoms. The Morgan fingerprint density at radius 1 is 1.21 bits per heavy atom. The highest BCUT2D eigenvalue weighted by Gasteiger charge is 2.22. The molecule has 1 rings (SSSR count). The van der Waals surface area contributed by atoms with Gasteiger partial charge in [0.1, 0.15) is 0 Å². The minimum Gasteiger partial charge on any atom is -0.380 e. The van der Waals surface area contributed by atoms with Crippen LogP contribution in [-0.4, -0.2) is 36.5 Å². The van der Waals surface area contributed by atoms with E-state index in [2.05, 4.69) is 6.92 Å². The molecule has 4 heteroatoms. The Labute approximate surface area is 83.5 Å². The predicted octanol–water partition coefficient (Wildman–Crippen LogP) is 0.728. The first kappa shape index (κ1) is 10.9. The van der Waals surface area contributed by atoms with E-state index in [1.165, 1.54) is 17.1 Å². The van der Waals surface area contributed by atoms with Crippen molar-refractivity contribution in [3.8, 4) is 0 Å². The molecule has 0 aromatic heterocycles. The Balaban J connectivity index is 2.13. The van der Waals surface area contributed by atoms with Crippen LogP contribution in [-0.2, 0) is 14.3 Å². The van der Waals surface area contributed by atoms with E-state index in [4.69, 9.17) is 4.74 Å². The average molecular weight is 197 g/mol. The third-order valence-corrected chi connectivity index (χ3v) is 2.00. The first-order valence-electron chi connectivity index (χ1n) is 4.87. The molecule has 1 aliphatic rings. The predicted molar refractivity (Wildman–Crippen MR) is 51.6 cm³/mol. The van der Waals surface area contributed by atoms with Gasteiger partial charge in [0.25, 0.3) is 11.8 Å². The van der Waals surface area contributed by atoms with Gasteiger partial charge in [-0.3, -0.25) is 14.5 Å². The fraction of sp³-hybridized carbons (Fsp3) is 0.600. The van der Waals surface area contributed by atoms with Crippen LogP contribution in [0.25, 0.3) is 0 Å². The number of imide groups is 1. The van der Waals surface area contributed by atoms with Gasteiger partial charge < -0.3 is 4.74 Å². The van der Waals surface area contributed by atoms with E-state index in [1.54, 1.807) is 0 Å². The van der Waals surface area contributed by atoms with Crippen molar-refractivity contribution in [2.75, 3.05) is 19.8 Å². The molecule has 0 atom stereocenters. The Kier molecular flexibility index (Phi) is 4.32. The minimum absolute atomic E-state index is 0.242. The van der Waals surface area contributed by atoms with Gasteiger partial charge in [-0.25, -0.2) is 0 Å². The smallest absolute Gasteiger partial charge is 0.253 e. The van der Waals surface area contributed by atoms with Crippen molar-refractivity contribution in [2.24, 2.45) is 0 Å². The number of unbranched alkanes of at least 4 members (excludes halogenated alkanes) is 1. The van der Waals surface area contributed by atoms with Crippen molar-refractivity contribution < 1.29 is 14.3 Å². The average Bonchev–Trinajstić information content (AvgIpc) is 2.48. The van der Waals surface area contributed by atoms with E-state index in [9.17, 15) is 9.59 Å². The van der Waals surface area contributed by atoms with E-state index >= 15 is 0 Å². The van der Waals surface area contributed by atoms with Crippen LogP contribution < -0.4 is 0 Å². The lowest BCUT2D eigenvalue weighted by molar-refractivity contribution is -0.137. The van der Waals surface area contributed by atoms with Crippen molar-refractivity contribution in [3.63, 3.8) is 0 Å². The summed E-state index contributed by atoms with van der Waals surface area (Å²) in [5.41, 5.74) is 0. The molecular weight excluding hydrogens is 182 g/mol. The molecule has 0 N–H and O–H groups in total. The number of carbonyl (C=O) groups is 2. The van der Waals surface area contributed by atoms with Gasteiger partial charge in [0.05, 0.1) is 13.2 Å². The van der Waals surface area contributed by atoms with Crippen LogP contribution in [0.2, 0.25) is 0 Å². The molecule has 1 aliphatic heterocycles. The number of amides is 2. The molecule has 0 saturated heterocycles. The summed E-state index contributed by atoms with van der Waals surface area (Å²) < 4.78 is 5.26. The Hall–Kier alpha value is -1.16. The van der Waals surface area contributed by atoms with Gasteiger partial charge in [-0.15, -0.1) is 0 Å². The van der Waals surface area contributed by atoms with Crippen molar-refractivity contribution >= 4 is 11.8 Å². The van der Waals surface area contributed by atoms with E-state index in [0.717, 1.165) is 12.8 Å². The van der Waals surface area contributed by atoms with E-state index in [0.29, 0.717) is 19.8 Å². The molecule has 2 amide bonds. The third-order valence-electron chi connectivity index (χ3n) is 2.00. The van der Waals surface area contributed by atoms with Crippen molar-refractivity contribution in [2.45, 2.75) is 19.8 Å². The van der Waals surface area contributed by atoms with Crippen LogP contribution >= 0.6 is 0 Å². The lowest BCUT2D eigenvalue weighted by Gasteiger charge is -2.13. The molecule has 0 spiro atoms. The van der Waals surface area contributed by atoms with Crippen LogP contribution in [0.4, 0.5) is 0 Å². The van der Waals surface area contributed by atoms with Crippen LogP contribution in [0.15, 0.2) is 12.2 Å². The standard InChI is InChI=1S/C10H15NO3/c1-2-3-7-14-8-6-11-9(12)4-5-10(11)13/h4-5H,2-3,6-8H2,1H3. The summed E-state index contributed by atoms with van der Waals surface area (Å²) in [6, 6.07) is 0. The number of carbonyl (C=O) groups excluding carboxylic acids is 2. The molecular formula is C10H15NO3. The Morgan fingerprint density at radius 2 is 1.86 bits per heavy atom. The maximum absolute atomic E-state index is 11.1. The first-order chi connectivity index (χ1) is 6.75. The molecule has 0 unspecified atom stereocenters. The highest BCUT2D eigenvalue weighted by atomic mass is 16.5. The summed E-state index contributed by atoms with van der Waals surface area (Å²) in [4.78, 5) is 23.3. The maximum atomic E-state index is 11.1. The summed E-state index contributed by atoms with van der Waals surface area (Å²) in [7, 11) is 0. The SMILES string of the molecule is CCCCOCCN1C(=O)C=CC1=O. The Bertz CT molecular complexity index is 230. The van der Waals surface area contributed by atoms with E-state index < -0.39 is 0 Å². The fourth-order valence-electron chi connectivity index (χ4n) is 1.16. The zero-order chi connectivity index (χ0) is 10.4. The largest absolute Gasteiger partial charge is 0.380 e. The second kappa shape index (κ2) is 5.54. The second-order valence-corrected chi connectivity index (χ2v) is 3.13. The van der Waals surface area contributed by atoms with E-state index in [-0.39, 0.29) is 11.8 Å². The topological polar surface area (TPSA) is 46.6 Å². The molecule has 78 valence electrons. The van der Waals surface area contributed by atoms with Crippen molar-refractivity contribution in [3.05, 3.63) is 12.2 Å². The number of ether oxygens (including phenoxy) is 1. The van der Waals surface area contributed by atoms with Gasteiger partial charge in [-0.05, 0) is 6.42 Å². The molecule has 0 radical (unpaired) electrons. The van der Waals surface area contributed by atoms with Gasteiger partial charge in [-0.2, -0.15) is 0 Å². The molecule has 0 aromatic rings. The van der Waals surface area contributed by atoms with Gasteiger partial charge in [-0.1, -0.05) is 13.3 Å². The third kappa shape index (κ3) is 2.96. The number of hydrogen-bond donors (Lipinski definition) is 0. The van der Waals surface area contributed by atoms with Crippen LogP contribution in [0.5, 0.6) is 0 Å². The molecule has 0 aromatic carbocycles. The molecule has 0 bridgehead atoms. The quantitative estimate of drug-likeness (QED) is 0.466. The van der Waals surface area contributed by atoms with Crippen LogP contribution in [0.3, 0.4) is 0 Å². The zero-order valence-electron chi connectivity index (χ0n) is 8.36. The van der Waals surface area contributed by atoms with Gasteiger partial charge in [0, 0.05) is 18.8 Å². The summed E-state index contributed by atoms with van der Waals surface area (Å²) in [5.74, 6) is -0.483. The van der Waals surface area contributed by atoms with E-state index in [1.807, 2.05) is 0 Å². The molecule has 0 saturated carbocycles. The van der Waals surface area contributed by atoms with Crippen LogP contribution in [0, 0.1) is 0 Å². The summed E-state index contributed by atoms with van der Waals surface area (Å²) >= 11 is 0. The summed E-state index contributed by atoms with van der Waals surface area (Å²) in [5, 5.41) is 0. The highest BCUT2D eigenvalue weighted by molar-refractivity contribution is 6.12.